The zero-order valence-electron chi connectivity index (χ0n) is 9.16. The lowest BCUT2D eigenvalue weighted by Gasteiger charge is -2.22. The summed E-state index contributed by atoms with van der Waals surface area (Å²) in [5.41, 5.74) is 0.703. The van der Waals surface area contributed by atoms with Crippen molar-refractivity contribution in [1.29, 1.82) is 0 Å². The highest BCUT2D eigenvalue weighted by molar-refractivity contribution is 6.69. The highest BCUT2D eigenvalue weighted by Gasteiger charge is 2.21. The van der Waals surface area contributed by atoms with Gasteiger partial charge in [0.15, 0.2) is 14.6 Å². The van der Waals surface area contributed by atoms with E-state index in [4.69, 9.17) is 4.43 Å². The minimum Gasteiger partial charge on any atom is -0.404 e. The van der Waals surface area contributed by atoms with Gasteiger partial charge in [0, 0.05) is 0 Å². The SMILES string of the molecule is C[Si](C)(C)O[C@@H](C=O)c1ccc(F)cc1. The van der Waals surface area contributed by atoms with Crippen LogP contribution in [0, 0.1) is 5.82 Å². The molecule has 0 aliphatic heterocycles. The lowest BCUT2D eigenvalue weighted by atomic mass is 10.1. The molecule has 0 fully saturated rings. The van der Waals surface area contributed by atoms with Crippen LogP contribution < -0.4 is 0 Å². The van der Waals surface area contributed by atoms with Gasteiger partial charge >= 0.3 is 0 Å². The van der Waals surface area contributed by atoms with E-state index < -0.39 is 14.4 Å². The van der Waals surface area contributed by atoms with Gasteiger partial charge in [-0.25, -0.2) is 4.39 Å². The monoisotopic (exact) mass is 226 g/mol. The van der Waals surface area contributed by atoms with Crippen LogP contribution in [-0.4, -0.2) is 14.6 Å². The van der Waals surface area contributed by atoms with Gasteiger partial charge < -0.3 is 9.22 Å². The first kappa shape index (κ1) is 12.1. The maximum atomic E-state index is 12.7. The number of halogens is 1. The minimum absolute atomic E-state index is 0.309. The summed E-state index contributed by atoms with van der Waals surface area (Å²) in [6.07, 6.45) is 0.183. The predicted molar refractivity (Wildman–Crippen MR) is 59.6 cm³/mol. The van der Waals surface area contributed by atoms with Crippen molar-refractivity contribution in [3.63, 3.8) is 0 Å². The Balaban J connectivity index is 2.83. The molecule has 1 rings (SSSR count). The van der Waals surface area contributed by atoms with E-state index in [2.05, 4.69) is 0 Å². The minimum atomic E-state index is -1.76. The van der Waals surface area contributed by atoms with Crippen molar-refractivity contribution in [2.24, 2.45) is 0 Å². The van der Waals surface area contributed by atoms with Crippen LogP contribution in [0.4, 0.5) is 4.39 Å². The Labute approximate surface area is 90.2 Å². The first-order valence-electron chi connectivity index (χ1n) is 4.81. The maximum absolute atomic E-state index is 12.7. The number of rotatable bonds is 4. The molecule has 1 aromatic carbocycles. The lowest BCUT2D eigenvalue weighted by Crippen LogP contribution is -2.28. The Hall–Kier alpha value is -1.00. The van der Waals surface area contributed by atoms with E-state index in [1.807, 2.05) is 19.6 Å². The average molecular weight is 226 g/mol. The highest BCUT2D eigenvalue weighted by atomic mass is 28.4. The zero-order valence-corrected chi connectivity index (χ0v) is 10.2. The molecule has 0 radical (unpaired) electrons. The summed E-state index contributed by atoms with van der Waals surface area (Å²) in [6, 6.07) is 5.82. The average Bonchev–Trinajstić information content (AvgIpc) is 2.14. The van der Waals surface area contributed by atoms with Crippen molar-refractivity contribution in [2.45, 2.75) is 25.7 Å². The summed E-state index contributed by atoms with van der Waals surface area (Å²) in [4.78, 5) is 10.9. The fourth-order valence-corrected chi connectivity index (χ4v) is 2.16. The van der Waals surface area contributed by atoms with Crippen LogP contribution in [0.5, 0.6) is 0 Å². The molecule has 0 aromatic heterocycles. The number of carbonyl (C=O) groups excluding carboxylic acids is 1. The number of aldehydes is 1. The van der Waals surface area contributed by atoms with Gasteiger partial charge in [0.2, 0.25) is 0 Å². The Kier molecular flexibility index (Phi) is 3.76. The summed E-state index contributed by atoms with van der Waals surface area (Å²) < 4.78 is 18.3. The van der Waals surface area contributed by atoms with Crippen molar-refractivity contribution in [3.05, 3.63) is 35.6 Å². The first-order valence-corrected chi connectivity index (χ1v) is 8.22. The Bertz CT molecular complexity index is 329. The quantitative estimate of drug-likeness (QED) is 0.583. The van der Waals surface area contributed by atoms with Crippen molar-refractivity contribution in [1.82, 2.24) is 0 Å². The summed E-state index contributed by atoms with van der Waals surface area (Å²) in [5, 5.41) is 0. The second kappa shape index (κ2) is 4.68. The fraction of sp³-hybridized carbons (Fsp3) is 0.364. The molecule has 0 unspecified atom stereocenters. The van der Waals surface area contributed by atoms with Crippen LogP contribution >= 0.6 is 0 Å². The molecule has 0 aliphatic rings. The largest absolute Gasteiger partial charge is 0.404 e. The Morgan fingerprint density at radius 2 is 1.80 bits per heavy atom. The molecule has 15 heavy (non-hydrogen) atoms. The second-order valence-electron chi connectivity index (χ2n) is 4.34. The maximum Gasteiger partial charge on any atom is 0.185 e. The van der Waals surface area contributed by atoms with Gasteiger partial charge in [0.05, 0.1) is 0 Å². The summed E-state index contributed by atoms with van der Waals surface area (Å²) in [5.74, 6) is -0.309. The van der Waals surface area contributed by atoms with Crippen molar-refractivity contribution >= 4 is 14.6 Å². The van der Waals surface area contributed by atoms with Gasteiger partial charge in [0.1, 0.15) is 11.9 Å². The third kappa shape index (κ3) is 3.93. The van der Waals surface area contributed by atoms with Crippen LogP contribution in [-0.2, 0) is 9.22 Å². The molecule has 1 atom stereocenters. The van der Waals surface area contributed by atoms with Crippen LogP contribution in [0.3, 0.4) is 0 Å². The van der Waals surface area contributed by atoms with E-state index in [0.29, 0.717) is 5.56 Å². The number of hydrogen-bond donors (Lipinski definition) is 0. The van der Waals surface area contributed by atoms with Gasteiger partial charge in [-0.05, 0) is 37.3 Å². The van der Waals surface area contributed by atoms with Gasteiger partial charge in [-0.2, -0.15) is 0 Å². The van der Waals surface area contributed by atoms with Gasteiger partial charge in [-0.15, -0.1) is 0 Å². The molecular weight excluding hydrogens is 211 g/mol. The molecule has 0 saturated carbocycles. The summed E-state index contributed by atoms with van der Waals surface area (Å²) >= 11 is 0. The van der Waals surface area contributed by atoms with E-state index in [0.717, 1.165) is 6.29 Å². The molecule has 1 aromatic rings. The highest BCUT2D eigenvalue weighted by Crippen LogP contribution is 2.20. The molecule has 0 bridgehead atoms. The molecule has 0 aliphatic carbocycles. The molecule has 0 amide bonds. The van der Waals surface area contributed by atoms with Gasteiger partial charge in [0.25, 0.3) is 0 Å². The second-order valence-corrected chi connectivity index (χ2v) is 8.80. The summed E-state index contributed by atoms with van der Waals surface area (Å²) in [7, 11) is -1.76. The molecule has 0 N–H and O–H groups in total. The Morgan fingerprint density at radius 3 is 2.20 bits per heavy atom. The van der Waals surface area contributed by atoms with Crippen molar-refractivity contribution in [3.8, 4) is 0 Å². The molecule has 4 heteroatoms. The van der Waals surface area contributed by atoms with E-state index in [1.165, 1.54) is 12.1 Å². The summed E-state index contributed by atoms with van der Waals surface area (Å²) in [6.45, 7) is 6.02. The standard InChI is InChI=1S/C11H15FO2Si/c1-15(2,3)14-11(8-13)9-4-6-10(12)7-5-9/h4-8,11H,1-3H3/t11-/m0/s1. The van der Waals surface area contributed by atoms with Crippen LogP contribution in [0.25, 0.3) is 0 Å². The van der Waals surface area contributed by atoms with Crippen LogP contribution in [0.1, 0.15) is 11.7 Å². The normalized spacial score (nSPS) is 13.6. The van der Waals surface area contributed by atoms with Crippen molar-refractivity contribution < 1.29 is 13.6 Å². The number of benzene rings is 1. The van der Waals surface area contributed by atoms with Gasteiger partial charge in [-0.1, -0.05) is 12.1 Å². The molecule has 2 nitrogen and oxygen atoms in total. The van der Waals surface area contributed by atoms with E-state index in [9.17, 15) is 9.18 Å². The van der Waals surface area contributed by atoms with E-state index >= 15 is 0 Å². The topological polar surface area (TPSA) is 26.3 Å². The third-order valence-electron chi connectivity index (χ3n) is 1.80. The smallest absolute Gasteiger partial charge is 0.185 e. The molecule has 0 heterocycles. The van der Waals surface area contributed by atoms with Gasteiger partial charge in [-0.3, -0.25) is 0 Å². The molecular formula is C11H15FO2Si. The predicted octanol–water partition coefficient (Wildman–Crippen LogP) is 2.92. The zero-order chi connectivity index (χ0) is 11.5. The number of hydrogen-bond acceptors (Lipinski definition) is 2. The third-order valence-corrected chi connectivity index (χ3v) is 2.76. The molecule has 0 spiro atoms. The number of carbonyl (C=O) groups is 1. The Morgan fingerprint density at radius 1 is 1.27 bits per heavy atom. The van der Waals surface area contributed by atoms with Crippen LogP contribution in [0.2, 0.25) is 19.6 Å². The van der Waals surface area contributed by atoms with Crippen LogP contribution in [0.15, 0.2) is 24.3 Å². The fourth-order valence-electron chi connectivity index (χ4n) is 1.21. The molecule has 82 valence electrons. The lowest BCUT2D eigenvalue weighted by molar-refractivity contribution is -0.114. The first-order chi connectivity index (χ1) is 6.92. The molecule has 0 saturated heterocycles. The van der Waals surface area contributed by atoms with E-state index in [1.54, 1.807) is 12.1 Å². The van der Waals surface area contributed by atoms with Crippen molar-refractivity contribution in [2.75, 3.05) is 0 Å². The van der Waals surface area contributed by atoms with E-state index in [-0.39, 0.29) is 5.82 Å².